The van der Waals surface area contributed by atoms with Gasteiger partial charge >= 0.3 is 0 Å². The van der Waals surface area contributed by atoms with Gasteiger partial charge in [0, 0.05) is 18.3 Å². The Bertz CT molecular complexity index is 701. The number of nitriles is 1. The van der Waals surface area contributed by atoms with Gasteiger partial charge in [0.2, 0.25) is 0 Å². The van der Waals surface area contributed by atoms with Crippen LogP contribution in [0.1, 0.15) is 21.5 Å². The molecule has 0 spiro atoms. The summed E-state index contributed by atoms with van der Waals surface area (Å²) in [6.07, 6.45) is 0. The van der Waals surface area contributed by atoms with Crippen molar-refractivity contribution in [2.24, 2.45) is 0 Å². The molecule has 2 aromatic rings. The molecule has 0 fully saturated rings. The van der Waals surface area contributed by atoms with Crippen molar-refractivity contribution in [3.63, 3.8) is 0 Å². The number of aryl methyl sites for hydroxylation is 1. The molecule has 0 aliphatic heterocycles. The van der Waals surface area contributed by atoms with Gasteiger partial charge in [0.05, 0.1) is 11.3 Å². The fraction of sp³-hybridized carbons (Fsp3) is 0.125. The number of nitrogens with two attached hydrogens (primary N) is 1. The first-order chi connectivity index (χ1) is 9.54. The maximum absolute atomic E-state index is 12.4. The van der Waals surface area contributed by atoms with Gasteiger partial charge in [-0.1, -0.05) is 18.2 Å². The average molecular weight is 265 g/mol. The van der Waals surface area contributed by atoms with Crippen molar-refractivity contribution < 1.29 is 4.79 Å². The topological polar surface area (TPSA) is 70.1 Å². The first-order valence-corrected chi connectivity index (χ1v) is 6.18. The Labute approximate surface area is 118 Å². The van der Waals surface area contributed by atoms with Crippen LogP contribution in [0.25, 0.3) is 0 Å². The highest BCUT2D eigenvalue weighted by Gasteiger charge is 2.16. The molecule has 0 saturated carbocycles. The molecule has 0 heterocycles. The number of anilines is 2. The van der Waals surface area contributed by atoms with Gasteiger partial charge in [-0.2, -0.15) is 5.26 Å². The van der Waals surface area contributed by atoms with Crippen molar-refractivity contribution in [1.82, 2.24) is 0 Å². The monoisotopic (exact) mass is 265 g/mol. The summed E-state index contributed by atoms with van der Waals surface area (Å²) >= 11 is 0. The summed E-state index contributed by atoms with van der Waals surface area (Å²) in [4.78, 5) is 13.9. The third-order valence-corrected chi connectivity index (χ3v) is 3.22. The molecule has 0 aliphatic carbocycles. The summed E-state index contributed by atoms with van der Waals surface area (Å²) in [5.41, 5.74) is 8.89. The van der Waals surface area contributed by atoms with Gasteiger partial charge in [-0.25, -0.2) is 0 Å². The summed E-state index contributed by atoms with van der Waals surface area (Å²) in [7, 11) is 1.65. The van der Waals surface area contributed by atoms with Crippen LogP contribution in [0.3, 0.4) is 0 Å². The molecule has 0 saturated heterocycles. The highest BCUT2D eigenvalue weighted by Crippen LogP contribution is 2.21. The largest absolute Gasteiger partial charge is 0.398 e. The molecule has 0 bridgehead atoms. The van der Waals surface area contributed by atoms with Crippen molar-refractivity contribution in [2.75, 3.05) is 17.7 Å². The molecule has 4 heteroatoms. The number of para-hydroxylation sites is 1. The van der Waals surface area contributed by atoms with Crippen LogP contribution in [0.5, 0.6) is 0 Å². The molecule has 2 N–H and O–H groups in total. The van der Waals surface area contributed by atoms with Crippen LogP contribution in [-0.2, 0) is 0 Å². The third kappa shape index (κ3) is 2.47. The Morgan fingerprint density at radius 3 is 2.60 bits per heavy atom. The van der Waals surface area contributed by atoms with Crippen molar-refractivity contribution in [1.29, 1.82) is 5.26 Å². The highest BCUT2D eigenvalue weighted by atomic mass is 16.2. The van der Waals surface area contributed by atoms with Crippen LogP contribution in [0.2, 0.25) is 0 Å². The van der Waals surface area contributed by atoms with Crippen LogP contribution in [0, 0.1) is 18.3 Å². The third-order valence-electron chi connectivity index (χ3n) is 3.22. The smallest absolute Gasteiger partial charge is 0.258 e. The van der Waals surface area contributed by atoms with Crippen molar-refractivity contribution >= 4 is 17.3 Å². The van der Waals surface area contributed by atoms with E-state index in [9.17, 15) is 4.79 Å². The Morgan fingerprint density at radius 1 is 1.25 bits per heavy atom. The Balaban J connectivity index is 2.38. The Morgan fingerprint density at radius 2 is 1.95 bits per heavy atom. The Kier molecular flexibility index (Phi) is 3.72. The number of carbonyl (C=O) groups excluding carboxylic acids is 1. The molecular formula is C16H15N3O. The van der Waals surface area contributed by atoms with Crippen LogP contribution < -0.4 is 10.6 Å². The van der Waals surface area contributed by atoms with Gasteiger partial charge in [0.1, 0.15) is 6.07 Å². The van der Waals surface area contributed by atoms with E-state index in [-0.39, 0.29) is 5.91 Å². The SMILES string of the molecule is Cc1ccc(C(=O)N(C)c2ccccc2C#N)cc1N. The van der Waals surface area contributed by atoms with E-state index in [1.807, 2.05) is 13.0 Å². The minimum atomic E-state index is -0.195. The van der Waals surface area contributed by atoms with E-state index in [0.717, 1.165) is 5.56 Å². The zero-order valence-electron chi connectivity index (χ0n) is 11.4. The molecule has 0 unspecified atom stereocenters. The molecule has 0 aromatic heterocycles. The second-order valence-electron chi connectivity index (χ2n) is 4.56. The average Bonchev–Trinajstić information content (AvgIpc) is 2.48. The number of amides is 1. The second-order valence-corrected chi connectivity index (χ2v) is 4.56. The van der Waals surface area contributed by atoms with Crippen LogP contribution in [-0.4, -0.2) is 13.0 Å². The number of rotatable bonds is 2. The molecule has 20 heavy (non-hydrogen) atoms. The van der Waals surface area contributed by atoms with Crippen LogP contribution >= 0.6 is 0 Å². The lowest BCUT2D eigenvalue weighted by Crippen LogP contribution is -2.27. The van der Waals surface area contributed by atoms with Crippen molar-refractivity contribution in [2.45, 2.75) is 6.92 Å². The zero-order chi connectivity index (χ0) is 14.7. The van der Waals surface area contributed by atoms with Gasteiger partial charge in [0.15, 0.2) is 0 Å². The standard InChI is InChI=1S/C16H15N3O/c1-11-7-8-12(9-14(11)18)16(20)19(2)15-6-4-3-5-13(15)10-17/h3-9H,18H2,1-2H3. The van der Waals surface area contributed by atoms with E-state index in [0.29, 0.717) is 22.5 Å². The predicted octanol–water partition coefficient (Wildman–Crippen LogP) is 2.73. The van der Waals surface area contributed by atoms with E-state index >= 15 is 0 Å². The quantitative estimate of drug-likeness (QED) is 0.849. The number of hydrogen-bond acceptors (Lipinski definition) is 3. The number of carbonyl (C=O) groups is 1. The molecule has 1 amide bonds. The molecule has 0 aliphatic rings. The lowest BCUT2D eigenvalue weighted by molar-refractivity contribution is 0.0993. The molecule has 0 atom stereocenters. The summed E-state index contributed by atoms with van der Waals surface area (Å²) in [5.74, 6) is -0.195. The fourth-order valence-corrected chi connectivity index (χ4v) is 1.94. The van der Waals surface area contributed by atoms with E-state index in [1.165, 1.54) is 4.90 Å². The first kappa shape index (κ1) is 13.6. The molecule has 100 valence electrons. The number of benzene rings is 2. The van der Waals surface area contributed by atoms with E-state index < -0.39 is 0 Å². The lowest BCUT2D eigenvalue weighted by atomic mass is 10.1. The van der Waals surface area contributed by atoms with E-state index in [1.54, 1.807) is 43.4 Å². The van der Waals surface area contributed by atoms with Gasteiger partial charge in [-0.15, -0.1) is 0 Å². The van der Waals surface area contributed by atoms with Gasteiger partial charge in [-0.3, -0.25) is 4.79 Å². The highest BCUT2D eigenvalue weighted by molar-refractivity contribution is 6.06. The summed E-state index contributed by atoms with van der Waals surface area (Å²) in [6, 6.07) is 14.3. The maximum atomic E-state index is 12.4. The summed E-state index contributed by atoms with van der Waals surface area (Å²) in [6.45, 7) is 1.89. The van der Waals surface area contributed by atoms with Gasteiger partial charge in [0.25, 0.3) is 5.91 Å². The van der Waals surface area contributed by atoms with Gasteiger partial charge in [-0.05, 0) is 36.8 Å². The molecule has 2 aromatic carbocycles. The Hall–Kier alpha value is -2.80. The van der Waals surface area contributed by atoms with Crippen molar-refractivity contribution in [3.8, 4) is 6.07 Å². The molecule has 0 radical (unpaired) electrons. The predicted molar refractivity (Wildman–Crippen MR) is 79.5 cm³/mol. The van der Waals surface area contributed by atoms with Crippen molar-refractivity contribution in [3.05, 3.63) is 59.2 Å². The number of hydrogen-bond donors (Lipinski definition) is 1. The lowest BCUT2D eigenvalue weighted by Gasteiger charge is -2.19. The number of nitrogen functional groups attached to an aromatic ring is 1. The zero-order valence-corrected chi connectivity index (χ0v) is 11.4. The minimum Gasteiger partial charge on any atom is -0.398 e. The fourth-order valence-electron chi connectivity index (χ4n) is 1.94. The number of nitrogens with zero attached hydrogens (tertiary/aromatic N) is 2. The minimum absolute atomic E-state index is 0.195. The van der Waals surface area contributed by atoms with E-state index in [4.69, 9.17) is 11.0 Å². The first-order valence-electron chi connectivity index (χ1n) is 6.18. The molecule has 4 nitrogen and oxygen atoms in total. The summed E-state index contributed by atoms with van der Waals surface area (Å²) in [5, 5.41) is 9.09. The normalized spacial score (nSPS) is 9.85. The van der Waals surface area contributed by atoms with Crippen LogP contribution in [0.15, 0.2) is 42.5 Å². The van der Waals surface area contributed by atoms with Gasteiger partial charge < -0.3 is 10.6 Å². The molecular weight excluding hydrogens is 250 g/mol. The second kappa shape index (κ2) is 5.45. The van der Waals surface area contributed by atoms with Crippen LogP contribution in [0.4, 0.5) is 11.4 Å². The maximum Gasteiger partial charge on any atom is 0.258 e. The molecule has 2 rings (SSSR count). The summed E-state index contributed by atoms with van der Waals surface area (Å²) < 4.78 is 0. The van der Waals surface area contributed by atoms with E-state index in [2.05, 4.69) is 6.07 Å².